The van der Waals surface area contributed by atoms with Gasteiger partial charge in [0.25, 0.3) is 0 Å². The number of hydrogen-bond acceptors (Lipinski definition) is 0. The predicted octanol–water partition coefficient (Wildman–Crippen LogP) is 3.66. The summed E-state index contributed by atoms with van der Waals surface area (Å²) in [4.78, 5) is 0. The first-order chi connectivity index (χ1) is 3.95. The maximum Gasteiger partial charge on any atom is 0.342 e. The van der Waals surface area contributed by atoms with Gasteiger partial charge in [0.2, 0.25) is 0 Å². The van der Waals surface area contributed by atoms with Crippen LogP contribution in [0.5, 0.6) is 0 Å². The summed E-state index contributed by atoms with van der Waals surface area (Å²) in [5.74, 6) is 0. The molecule has 0 N–H and O–H groups in total. The quantitative estimate of drug-likeness (QED) is 0.391. The van der Waals surface area contributed by atoms with Gasteiger partial charge in [0, 0.05) is 5.38 Å². The van der Waals surface area contributed by atoms with Gasteiger partial charge in [0.05, 0.1) is 0 Å². The van der Waals surface area contributed by atoms with E-state index in [-0.39, 0.29) is 5.38 Å². The summed E-state index contributed by atoms with van der Waals surface area (Å²) in [5, 5.41) is 0.0316. The zero-order chi connectivity index (χ0) is 7.49. The molecule has 9 heavy (non-hydrogen) atoms. The summed E-state index contributed by atoms with van der Waals surface area (Å²) in [6.07, 6.45) is 0.864. The number of rotatable bonds is 3. The van der Waals surface area contributed by atoms with Crippen LogP contribution >= 0.6 is 44.8 Å². The minimum atomic E-state index is -2.46. The Morgan fingerprint density at radius 3 is 1.89 bits per heavy atom. The molecule has 5 heteroatoms. The van der Waals surface area contributed by atoms with Crippen molar-refractivity contribution in [3.05, 3.63) is 0 Å². The first-order valence-electron chi connectivity index (χ1n) is 2.66. The van der Waals surface area contributed by atoms with Gasteiger partial charge < -0.3 is 0 Å². The van der Waals surface area contributed by atoms with Crippen molar-refractivity contribution in [1.29, 1.82) is 0 Å². The highest BCUT2D eigenvalue weighted by molar-refractivity contribution is 7.64. The number of hydrogen-bond donors (Lipinski definition) is 0. The Balaban J connectivity index is 3.47. The highest BCUT2D eigenvalue weighted by Crippen LogP contribution is 2.29. The number of halogens is 4. The first-order valence-corrected chi connectivity index (χ1v) is 8.34. The van der Waals surface area contributed by atoms with E-state index in [1.807, 2.05) is 6.92 Å². The second-order valence-electron chi connectivity index (χ2n) is 1.82. The average molecular weight is 226 g/mol. The minimum Gasteiger partial charge on any atom is -0.126 e. The summed E-state index contributed by atoms with van der Waals surface area (Å²) in [6, 6.07) is -1.91. The van der Waals surface area contributed by atoms with Crippen molar-refractivity contribution in [3.8, 4) is 0 Å². The molecule has 56 valence electrons. The first kappa shape index (κ1) is 10.4. The van der Waals surface area contributed by atoms with Crippen LogP contribution in [0.25, 0.3) is 0 Å². The van der Waals surface area contributed by atoms with Crippen LogP contribution in [0.2, 0.25) is 6.04 Å². The van der Waals surface area contributed by atoms with Crippen LogP contribution in [0.3, 0.4) is 0 Å². The molecule has 0 nitrogen and oxygen atoms in total. The lowest BCUT2D eigenvalue weighted by molar-refractivity contribution is 0.889. The molecule has 1 unspecified atom stereocenters. The van der Waals surface area contributed by atoms with Gasteiger partial charge >= 0.3 is 6.00 Å². The van der Waals surface area contributed by atoms with Crippen molar-refractivity contribution < 1.29 is 0 Å². The van der Waals surface area contributed by atoms with Crippen molar-refractivity contribution in [2.45, 2.75) is 24.8 Å². The SMILES string of the molecule is CCC(Cl)C[Si](Cl)(Cl)Cl. The Labute approximate surface area is 75.5 Å². The molecule has 0 spiro atoms. The molecule has 0 rings (SSSR count). The molecule has 0 bridgehead atoms. The van der Waals surface area contributed by atoms with E-state index in [1.165, 1.54) is 0 Å². The Kier molecular flexibility index (Phi) is 4.95. The van der Waals surface area contributed by atoms with E-state index in [0.717, 1.165) is 6.42 Å². The van der Waals surface area contributed by atoms with Crippen molar-refractivity contribution in [3.63, 3.8) is 0 Å². The third-order valence-corrected chi connectivity index (χ3v) is 3.96. The highest BCUT2D eigenvalue weighted by atomic mass is 35.8. The van der Waals surface area contributed by atoms with Gasteiger partial charge in [-0.05, 0) is 12.5 Å². The second-order valence-corrected chi connectivity index (χ2v) is 11.6. The lowest BCUT2D eigenvalue weighted by Crippen LogP contribution is -2.15. The second kappa shape index (κ2) is 4.30. The van der Waals surface area contributed by atoms with E-state index in [0.29, 0.717) is 6.04 Å². The zero-order valence-corrected chi connectivity index (χ0v) is 9.03. The van der Waals surface area contributed by atoms with Crippen LogP contribution in [0.15, 0.2) is 0 Å². The van der Waals surface area contributed by atoms with E-state index in [9.17, 15) is 0 Å². The molecule has 0 radical (unpaired) electrons. The van der Waals surface area contributed by atoms with Gasteiger partial charge in [-0.1, -0.05) is 6.92 Å². The zero-order valence-electron chi connectivity index (χ0n) is 5.00. The lowest BCUT2D eigenvalue weighted by Gasteiger charge is -2.10. The summed E-state index contributed by atoms with van der Waals surface area (Å²) < 4.78 is 0. The molecule has 1 atom stereocenters. The fourth-order valence-corrected chi connectivity index (χ4v) is 4.27. The Morgan fingerprint density at radius 2 is 1.78 bits per heavy atom. The van der Waals surface area contributed by atoms with Gasteiger partial charge in [-0.2, -0.15) is 0 Å². The molecule has 0 aromatic carbocycles. The smallest absolute Gasteiger partial charge is 0.126 e. The highest BCUT2D eigenvalue weighted by Gasteiger charge is 2.27. The Bertz CT molecular complexity index is 79.1. The van der Waals surface area contributed by atoms with E-state index in [1.54, 1.807) is 0 Å². The molecule has 0 saturated heterocycles. The van der Waals surface area contributed by atoms with Crippen LogP contribution in [-0.2, 0) is 0 Å². The predicted molar refractivity (Wildman–Crippen MR) is 48.1 cm³/mol. The minimum absolute atomic E-state index is 0.0316. The van der Waals surface area contributed by atoms with E-state index >= 15 is 0 Å². The molecule has 0 saturated carbocycles. The fourth-order valence-electron chi connectivity index (χ4n) is 0.395. The maximum atomic E-state index is 5.73. The van der Waals surface area contributed by atoms with Crippen LogP contribution in [0, 0.1) is 0 Å². The molecule has 0 heterocycles. The third-order valence-electron chi connectivity index (χ3n) is 0.896. The van der Waals surface area contributed by atoms with Gasteiger partial charge in [-0.25, -0.2) is 0 Å². The normalized spacial score (nSPS) is 15.7. The monoisotopic (exact) mass is 224 g/mol. The van der Waals surface area contributed by atoms with Gasteiger partial charge in [0.15, 0.2) is 0 Å². The molecule has 0 aliphatic rings. The van der Waals surface area contributed by atoms with Gasteiger partial charge in [-0.3, -0.25) is 0 Å². The van der Waals surface area contributed by atoms with Crippen molar-refractivity contribution in [1.82, 2.24) is 0 Å². The van der Waals surface area contributed by atoms with Crippen LogP contribution in [0.1, 0.15) is 13.3 Å². The van der Waals surface area contributed by atoms with Gasteiger partial charge in [-0.15, -0.1) is 44.8 Å². The van der Waals surface area contributed by atoms with E-state index in [4.69, 9.17) is 44.8 Å². The van der Waals surface area contributed by atoms with Crippen LogP contribution < -0.4 is 0 Å². The standard InChI is InChI=1S/C4H8Cl4Si/c1-2-4(5)3-9(6,7)8/h4H,2-3H2,1H3. The van der Waals surface area contributed by atoms with E-state index < -0.39 is 6.00 Å². The largest absolute Gasteiger partial charge is 0.342 e. The summed E-state index contributed by atoms with van der Waals surface area (Å²) in [7, 11) is 0. The van der Waals surface area contributed by atoms with Gasteiger partial charge in [0.1, 0.15) is 0 Å². The summed E-state index contributed by atoms with van der Waals surface area (Å²) in [5.41, 5.74) is 0. The van der Waals surface area contributed by atoms with Crippen molar-refractivity contribution in [2.24, 2.45) is 0 Å². The third kappa shape index (κ3) is 7.27. The molecule has 0 amide bonds. The number of alkyl halides is 1. The van der Waals surface area contributed by atoms with E-state index in [2.05, 4.69) is 0 Å². The van der Waals surface area contributed by atoms with Crippen molar-refractivity contribution in [2.75, 3.05) is 0 Å². The molecular formula is C4H8Cl4Si. The molecule has 0 fully saturated rings. The van der Waals surface area contributed by atoms with Crippen molar-refractivity contribution >= 4 is 50.8 Å². The Hall–Kier alpha value is 1.38. The molecule has 0 aromatic heterocycles. The average Bonchev–Trinajstić information content (AvgIpc) is 1.62. The Morgan fingerprint density at radius 1 is 1.33 bits per heavy atom. The maximum absolute atomic E-state index is 5.73. The molecule has 0 aliphatic carbocycles. The molecule has 0 aliphatic heterocycles. The van der Waals surface area contributed by atoms with Crippen LogP contribution in [0.4, 0.5) is 0 Å². The summed E-state index contributed by atoms with van der Waals surface area (Å²) in [6.45, 7) is 1.97. The molecular weight excluding hydrogens is 218 g/mol. The van der Waals surface area contributed by atoms with Crippen LogP contribution in [-0.4, -0.2) is 11.4 Å². The summed E-state index contributed by atoms with van der Waals surface area (Å²) >= 11 is 22.5. The molecule has 0 aromatic rings. The topological polar surface area (TPSA) is 0 Å². The fraction of sp³-hybridized carbons (Fsp3) is 1.00. The lowest BCUT2D eigenvalue weighted by atomic mass is 10.4.